The van der Waals surface area contributed by atoms with Crippen LogP contribution in [0.25, 0.3) is 0 Å². The van der Waals surface area contributed by atoms with Gasteiger partial charge in [-0.25, -0.2) is 0 Å². The third-order valence-electron chi connectivity index (χ3n) is 6.02. The standard InChI is InChI=1S/C18H32O16/c19-1-4(22)11-7(25)8(26)17(31-11)34-15-10(28)13(6(24)3-21)32-18(15)33-14-9(27)12(5(23)2-20)30-16(14)29/h4-29H,1-3H2/t4-,5-,6-,7-,8-,9+,10+,11+,12+,13+,14-,15-,16-,17+,18+/m1/s1. The van der Waals surface area contributed by atoms with Gasteiger partial charge in [-0.05, 0) is 0 Å². The second-order valence-corrected chi connectivity index (χ2v) is 8.34. The summed E-state index contributed by atoms with van der Waals surface area (Å²) in [6.07, 6.45) is -24.4. The highest BCUT2D eigenvalue weighted by molar-refractivity contribution is 4.97. The molecule has 200 valence electrons. The lowest BCUT2D eigenvalue weighted by Gasteiger charge is -2.29. The van der Waals surface area contributed by atoms with Gasteiger partial charge in [-0.2, -0.15) is 0 Å². The first kappa shape index (κ1) is 27.9. The molecule has 34 heavy (non-hydrogen) atoms. The molecule has 11 N–H and O–H groups in total. The summed E-state index contributed by atoms with van der Waals surface area (Å²) < 4.78 is 26.6. The Kier molecular flexibility index (Phi) is 9.54. The van der Waals surface area contributed by atoms with Crippen LogP contribution in [0.3, 0.4) is 0 Å². The molecule has 16 heteroatoms. The molecule has 0 unspecified atom stereocenters. The molecule has 3 aliphatic rings. The Morgan fingerprint density at radius 2 is 0.941 bits per heavy atom. The van der Waals surface area contributed by atoms with Crippen LogP contribution in [0.4, 0.5) is 0 Å². The Morgan fingerprint density at radius 3 is 1.47 bits per heavy atom. The van der Waals surface area contributed by atoms with Gasteiger partial charge in [0.2, 0.25) is 0 Å². The largest absolute Gasteiger partial charge is 0.394 e. The summed E-state index contributed by atoms with van der Waals surface area (Å²) in [5, 5.41) is 108. The molecular weight excluding hydrogens is 472 g/mol. The monoisotopic (exact) mass is 504 g/mol. The van der Waals surface area contributed by atoms with Crippen LogP contribution >= 0.6 is 0 Å². The summed E-state index contributed by atoms with van der Waals surface area (Å²) in [6, 6.07) is 0. The zero-order valence-corrected chi connectivity index (χ0v) is 17.7. The van der Waals surface area contributed by atoms with Crippen LogP contribution in [0.15, 0.2) is 0 Å². The second-order valence-electron chi connectivity index (χ2n) is 8.34. The van der Waals surface area contributed by atoms with E-state index in [1.165, 1.54) is 0 Å². The lowest BCUT2D eigenvalue weighted by Crippen LogP contribution is -2.47. The zero-order valence-electron chi connectivity index (χ0n) is 17.7. The normalized spacial score (nSPS) is 47.7. The van der Waals surface area contributed by atoms with E-state index in [1.54, 1.807) is 0 Å². The highest BCUT2D eigenvalue weighted by atomic mass is 16.8. The molecule has 0 spiro atoms. The van der Waals surface area contributed by atoms with Crippen LogP contribution in [0, 0.1) is 0 Å². The Hall–Kier alpha value is -0.640. The first-order valence-electron chi connectivity index (χ1n) is 10.6. The smallest absolute Gasteiger partial charge is 0.187 e. The number of aliphatic hydroxyl groups excluding tert-OH is 11. The fourth-order valence-electron chi connectivity index (χ4n) is 4.10. The minimum Gasteiger partial charge on any atom is -0.394 e. The summed E-state index contributed by atoms with van der Waals surface area (Å²) in [5.41, 5.74) is 0. The molecule has 16 nitrogen and oxygen atoms in total. The maximum absolute atomic E-state index is 10.6. The highest BCUT2D eigenvalue weighted by Crippen LogP contribution is 2.35. The third kappa shape index (κ3) is 5.37. The fourth-order valence-corrected chi connectivity index (χ4v) is 4.10. The van der Waals surface area contributed by atoms with Gasteiger partial charge in [-0.3, -0.25) is 0 Å². The van der Waals surface area contributed by atoms with E-state index in [-0.39, 0.29) is 0 Å². The molecule has 0 amide bonds. The molecule has 3 fully saturated rings. The molecule has 0 aromatic rings. The van der Waals surface area contributed by atoms with E-state index >= 15 is 0 Å². The average molecular weight is 504 g/mol. The number of aliphatic hydroxyl groups is 11. The maximum atomic E-state index is 10.6. The van der Waals surface area contributed by atoms with Crippen molar-refractivity contribution in [3.8, 4) is 0 Å². The molecule has 3 heterocycles. The molecule has 0 radical (unpaired) electrons. The molecular formula is C18H32O16. The Balaban J connectivity index is 1.77. The van der Waals surface area contributed by atoms with Crippen molar-refractivity contribution in [3.63, 3.8) is 0 Å². The van der Waals surface area contributed by atoms with Crippen molar-refractivity contribution >= 4 is 0 Å². The van der Waals surface area contributed by atoms with Crippen LogP contribution in [-0.4, -0.2) is 168 Å². The third-order valence-corrected chi connectivity index (χ3v) is 6.02. The van der Waals surface area contributed by atoms with Crippen molar-refractivity contribution in [2.24, 2.45) is 0 Å². The first-order chi connectivity index (χ1) is 16.0. The summed E-state index contributed by atoms with van der Waals surface area (Å²) in [4.78, 5) is 0. The van der Waals surface area contributed by atoms with Crippen LogP contribution in [0.1, 0.15) is 0 Å². The van der Waals surface area contributed by atoms with Crippen molar-refractivity contribution in [1.82, 2.24) is 0 Å². The second kappa shape index (κ2) is 11.6. The number of ether oxygens (including phenoxy) is 5. The average Bonchev–Trinajstić information content (AvgIpc) is 3.40. The summed E-state index contributed by atoms with van der Waals surface area (Å²) in [7, 11) is 0. The SMILES string of the molecule is OC[C@@H](O)[C@@H]1O[C@@H](O[C@H]2[C@H](O[C@@H]3[C@@H](O)[C@H]([C@H](O)CO)O[C@H]3O)O[C@@H]([C@H](O)CO)[C@@H]2O)[C@H](O)[C@H]1O. The zero-order chi connectivity index (χ0) is 25.3. The van der Waals surface area contributed by atoms with Crippen molar-refractivity contribution in [3.05, 3.63) is 0 Å². The molecule has 3 saturated heterocycles. The quantitative estimate of drug-likeness (QED) is 0.132. The van der Waals surface area contributed by atoms with E-state index in [0.717, 1.165) is 0 Å². The lowest BCUT2D eigenvalue weighted by molar-refractivity contribution is -0.275. The minimum atomic E-state index is -1.82. The van der Waals surface area contributed by atoms with Gasteiger partial charge < -0.3 is 79.9 Å². The first-order valence-corrected chi connectivity index (χ1v) is 10.6. The highest BCUT2D eigenvalue weighted by Gasteiger charge is 2.56. The number of rotatable bonds is 10. The topological polar surface area (TPSA) is 269 Å². The predicted octanol–water partition coefficient (Wildman–Crippen LogP) is -7.57. The van der Waals surface area contributed by atoms with Crippen molar-refractivity contribution in [2.75, 3.05) is 19.8 Å². The van der Waals surface area contributed by atoms with E-state index in [2.05, 4.69) is 0 Å². The van der Waals surface area contributed by atoms with E-state index < -0.39 is 112 Å². The molecule has 0 saturated carbocycles. The van der Waals surface area contributed by atoms with Crippen LogP contribution in [-0.2, 0) is 23.7 Å². The summed E-state index contributed by atoms with van der Waals surface area (Å²) in [6.45, 7) is -2.43. The van der Waals surface area contributed by atoms with E-state index in [1.807, 2.05) is 0 Å². The molecule has 15 atom stereocenters. The summed E-state index contributed by atoms with van der Waals surface area (Å²) >= 11 is 0. The lowest BCUT2D eigenvalue weighted by atomic mass is 10.0. The van der Waals surface area contributed by atoms with Gasteiger partial charge in [0.1, 0.15) is 73.2 Å². The Bertz CT molecular complexity index is 641. The van der Waals surface area contributed by atoms with E-state index in [9.17, 15) is 46.0 Å². The van der Waals surface area contributed by atoms with E-state index in [0.29, 0.717) is 0 Å². The molecule has 3 rings (SSSR count). The van der Waals surface area contributed by atoms with Gasteiger partial charge >= 0.3 is 0 Å². The minimum absolute atomic E-state index is 0.795. The molecule has 0 aromatic carbocycles. The van der Waals surface area contributed by atoms with Gasteiger partial charge in [-0.15, -0.1) is 0 Å². The van der Waals surface area contributed by atoms with Crippen LogP contribution in [0.5, 0.6) is 0 Å². The van der Waals surface area contributed by atoms with Gasteiger partial charge in [0.25, 0.3) is 0 Å². The van der Waals surface area contributed by atoms with Crippen molar-refractivity contribution in [2.45, 2.75) is 92.1 Å². The molecule has 3 aliphatic heterocycles. The van der Waals surface area contributed by atoms with Crippen molar-refractivity contribution < 1.29 is 79.9 Å². The predicted molar refractivity (Wildman–Crippen MR) is 101 cm³/mol. The number of hydrogen-bond donors (Lipinski definition) is 11. The van der Waals surface area contributed by atoms with Gasteiger partial charge in [0.15, 0.2) is 18.9 Å². The Morgan fingerprint density at radius 1 is 0.529 bits per heavy atom. The molecule has 0 bridgehead atoms. The van der Waals surface area contributed by atoms with Crippen LogP contribution < -0.4 is 0 Å². The summed E-state index contributed by atoms with van der Waals surface area (Å²) in [5.74, 6) is 0. The Labute approximate surface area is 192 Å². The van der Waals surface area contributed by atoms with Gasteiger partial charge in [-0.1, -0.05) is 0 Å². The van der Waals surface area contributed by atoms with E-state index in [4.69, 9.17) is 33.9 Å². The molecule has 0 aromatic heterocycles. The number of hydrogen-bond acceptors (Lipinski definition) is 16. The molecule has 0 aliphatic carbocycles. The fraction of sp³-hybridized carbons (Fsp3) is 1.00. The van der Waals surface area contributed by atoms with Gasteiger partial charge in [0, 0.05) is 0 Å². The van der Waals surface area contributed by atoms with Crippen molar-refractivity contribution in [1.29, 1.82) is 0 Å². The van der Waals surface area contributed by atoms with Gasteiger partial charge in [0.05, 0.1) is 19.8 Å². The van der Waals surface area contributed by atoms with Crippen LogP contribution in [0.2, 0.25) is 0 Å². The maximum Gasteiger partial charge on any atom is 0.187 e.